The molecule has 0 heteroatoms. The van der Waals surface area contributed by atoms with E-state index in [9.17, 15) is 0 Å². The van der Waals surface area contributed by atoms with Gasteiger partial charge in [0, 0.05) is 0 Å². The standard InChI is InChI=1S/C22H17/c1-2-16-14-15-22(20-12-6-5-10-18(16)20)21-13-7-9-17-8-3-4-11-19(17)21/h3-14H,2H2,1H3. The van der Waals surface area contributed by atoms with Crippen molar-refractivity contribution >= 4 is 21.5 Å². The van der Waals surface area contributed by atoms with Gasteiger partial charge in [-0.1, -0.05) is 73.7 Å². The molecule has 0 saturated carbocycles. The van der Waals surface area contributed by atoms with Crippen molar-refractivity contribution in [1.29, 1.82) is 0 Å². The predicted octanol–water partition coefficient (Wildman–Crippen LogP) is 6.02. The van der Waals surface area contributed by atoms with E-state index in [0.717, 1.165) is 6.42 Å². The van der Waals surface area contributed by atoms with Crippen LogP contribution in [0.25, 0.3) is 32.7 Å². The Labute approximate surface area is 131 Å². The van der Waals surface area contributed by atoms with Crippen LogP contribution in [0.4, 0.5) is 0 Å². The molecule has 4 aromatic carbocycles. The molecule has 0 unspecified atom stereocenters. The number of fused-ring (bicyclic) bond motifs is 2. The molecule has 105 valence electrons. The maximum absolute atomic E-state index is 3.54. The predicted molar refractivity (Wildman–Crippen MR) is 95.1 cm³/mol. The van der Waals surface area contributed by atoms with Crippen LogP contribution in [0.1, 0.15) is 12.5 Å². The van der Waals surface area contributed by atoms with Crippen LogP contribution >= 0.6 is 0 Å². The lowest BCUT2D eigenvalue weighted by atomic mass is 9.91. The zero-order valence-corrected chi connectivity index (χ0v) is 12.6. The number of hydrogen-bond acceptors (Lipinski definition) is 0. The fourth-order valence-corrected chi connectivity index (χ4v) is 3.25. The molecule has 0 nitrogen and oxygen atoms in total. The Hall–Kier alpha value is -2.60. The highest BCUT2D eigenvalue weighted by Crippen LogP contribution is 2.34. The molecule has 0 amide bonds. The first-order valence-corrected chi connectivity index (χ1v) is 7.79. The third kappa shape index (κ3) is 2.00. The van der Waals surface area contributed by atoms with Crippen LogP contribution in [-0.2, 0) is 6.42 Å². The van der Waals surface area contributed by atoms with Crippen molar-refractivity contribution in [2.75, 3.05) is 0 Å². The molecule has 0 fully saturated rings. The smallest absolute Gasteiger partial charge is 0.00202 e. The molecule has 0 aliphatic rings. The van der Waals surface area contributed by atoms with Crippen molar-refractivity contribution in [3.05, 3.63) is 84.4 Å². The Bertz CT molecular complexity index is 958. The largest absolute Gasteiger partial charge is 0.0616 e. The summed E-state index contributed by atoms with van der Waals surface area (Å²) in [6, 6.07) is 29.4. The fourth-order valence-electron chi connectivity index (χ4n) is 3.25. The van der Waals surface area contributed by atoms with Gasteiger partial charge in [-0.3, -0.25) is 0 Å². The SMILES string of the molecule is CCc1c[c]c(-c2cccc3ccccc23)c2ccccc12. The van der Waals surface area contributed by atoms with Gasteiger partial charge in [0.25, 0.3) is 0 Å². The van der Waals surface area contributed by atoms with Crippen LogP contribution < -0.4 is 0 Å². The normalized spacial score (nSPS) is 11.1. The fraction of sp³-hybridized carbons (Fsp3) is 0.0909. The second-order valence-electron chi connectivity index (χ2n) is 5.61. The third-order valence-corrected chi connectivity index (χ3v) is 4.37. The minimum atomic E-state index is 1.03. The van der Waals surface area contributed by atoms with Crippen molar-refractivity contribution in [2.24, 2.45) is 0 Å². The topological polar surface area (TPSA) is 0 Å². The second-order valence-corrected chi connectivity index (χ2v) is 5.61. The quantitative estimate of drug-likeness (QED) is 0.421. The van der Waals surface area contributed by atoms with Crippen molar-refractivity contribution in [2.45, 2.75) is 13.3 Å². The molecular formula is C22H17. The third-order valence-electron chi connectivity index (χ3n) is 4.37. The molecule has 1 radical (unpaired) electrons. The van der Waals surface area contributed by atoms with Gasteiger partial charge in [-0.05, 0) is 56.8 Å². The Kier molecular flexibility index (Phi) is 3.16. The van der Waals surface area contributed by atoms with Crippen LogP contribution in [0.5, 0.6) is 0 Å². The summed E-state index contributed by atoms with van der Waals surface area (Å²) in [4.78, 5) is 0. The van der Waals surface area contributed by atoms with Crippen LogP contribution in [-0.4, -0.2) is 0 Å². The van der Waals surface area contributed by atoms with E-state index >= 15 is 0 Å². The van der Waals surface area contributed by atoms with Gasteiger partial charge in [0.05, 0.1) is 0 Å². The van der Waals surface area contributed by atoms with Crippen LogP contribution in [0.3, 0.4) is 0 Å². The summed E-state index contributed by atoms with van der Waals surface area (Å²) in [6.07, 6.45) is 1.03. The number of aryl methyl sites for hydroxylation is 1. The lowest BCUT2D eigenvalue weighted by Gasteiger charge is -2.12. The molecule has 0 N–H and O–H groups in total. The van der Waals surface area contributed by atoms with E-state index in [0.29, 0.717) is 0 Å². The van der Waals surface area contributed by atoms with Crippen LogP contribution in [0.2, 0.25) is 0 Å². The Balaban J connectivity index is 2.09. The molecule has 4 aromatic rings. The highest BCUT2D eigenvalue weighted by atomic mass is 14.1. The molecule has 22 heavy (non-hydrogen) atoms. The minimum Gasteiger partial charge on any atom is -0.0616 e. The summed E-state index contributed by atoms with van der Waals surface area (Å²) in [5, 5.41) is 5.19. The average Bonchev–Trinajstić information content (AvgIpc) is 2.60. The Morgan fingerprint density at radius 3 is 2.23 bits per heavy atom. The van der Waals surface area contributed by atoms with E-state index in [4.69, 9.17) is 0 Å². The maximum atomic E-state index is 3.54. The first kappa shape index (κ1) is 13.1. The van der Waals surface area contributed by atoms with Gasteiger partial charge in [-0.25, -0.2) is 0 Å². The number of benzene rings is 4. The van der Waals surface area contributed by atoms with E-state index in [1.807, 2.05) is 0 Å². The van der Waals surface area contributed by atoms with Crippen LogP contribution in [0, 0.1) is 6.07 Å². The molecule has 0 bridgehead atoms. The van der Waals surface area contributed by atoms with E-state index in [1.165, 1.54) is 38.2 Å². The monoisotopic (exact) mass is 281 g/mol. The highest BCUT2D eigenvalue weighted by Gasteiger charge is 2.09. The summed E-state index contributed by atoms with van der Waals surface area (Å²) >= 11 is 0. The van der Waals surface area contributed by atoms with E-state index in [2.05, 4.69) is 85.8 Å². The van der Waals surface area contributed by atoms with Gasteiger partial charge >= 0.3 is 0 Å². The van der Waals surface area contributed by atoms with Crippen LogP contribution in [0.15, 0.2) is 72.8 Å². The van der Waals surface area contributed by atoms with Gasteiger partial charge in [0.2, 0.25) is 0 Å². The summed E-state index contributed by atoms with van der Waals surface area (Å²) in [6.45, 7) is 2.20. The van der Waals surface area contributed by atoms with Crippen molar-refractivity contribution in [3.8, 4) is 11.1 Å². The summed E-state index contributed by atoms with van der Waals surface area (Å²) in [5.41, 5.74) is 3.82. The van der Waals surface area contributed by atoms with Gasteiger partial charge < -0.3 is 0 Å². The molecule has 0 aromatic heterocycles. The number of hydrogen-bond donors (Lipinski definition) is 0. The molecule has 0 heterocycles. The molecule has 0 saturated heterocycles. The van der Waals surface area contributed by atoms with Crippen molar-refractivity contribution in [1.82, 2.24) is 0 Å². The van der Waals surface area contributed by atoms with Crippen molar-refractivity contribution in [3.63, 3.8) is 0 Å². The summed E-state index contributed by atoms with van der Waals surface area (Å²) in [7, 11) is 0. The Morgan fingerprint density at radius 1 is 0.727 bits per heavy atom. The molecule has 0 spiro atoms. The summed E-state index contributed by atoms with van der Waals surface area (Å²) < 4.78 is 0. The van der Waals surface area contributed by atoms with E-state index in [1.54, 1.807) is 0 Å². The van der Waals surface area contributed by atoms with Gasteiger partial charge in [-0.2, -0.15) is 0 Å². The molecule has 0 atom stereocenters. The van der Waals surface area contributed by atoms with Gasteiger partial charge in [-0.15, -0.1) is 0 Å². The minimum absolute atomic E-state index is 1.03. The molecule has 4 rings (SSSR count). The van der Waals surface area contributed by atoms with Gasteiger partial charge in [0.15, 0.2) is 0 Å². The molecule has 0 aliphatic heterocycles. The lowest BCUT2D eigenvalue weighted by molar-refractivity contribution is 1.16. The first-order chi connectivity index (χ1) is 10.9. The molecule has 0 aliphatic carbocycles. The summed E-state index contributed by atoms with van der Waals surface area (Å²) in [5.74, 6) is 0. The zero-order chi connectivity index (χ0) is 14.9. The lowest BCUT2D eigenvalue weighted by Crippen LogP contribution is -1.89. The van der Waals surface area contributed by atoms with Gasteiger partial charge in [0.1, 0.15) is 0 Å². The zero-order valence-electron chi connectivity index (χ0n) is 12.6. The molecular weight excluding hydrogens is 264 g/mol. The van der Waals surface area contributed by atoms with Crippen molar-refractivity contribution < 1.29 is 0 Å². The van der Waals surface area contributed by atoms with E-state index in [-0.39, 0.29) is 0 Å². The average molecular weight is 281 g/mol. The second kappa shape index (κ2) is 5.31. The highest BCUT2D eigenvalue weighted by molar-refractivity contribution is 6.05. The number of rotatable bonds is 2. The maximum Gasteiger partial charge on any atom is -0.00202 e. The first-order valence-electron chi connectivity index (χ1n) is 7.79. The Morgan fingerprint density at radius 2 is 1.41 bits per heavy atom. The van der Waals surface area contributed by atoms with E-state index < -0.39 is 0 Å².